The summed E-state index contributed by atoms with van der Waals surface area (Å²) in [4.78, 5) is 27.2. The van der Waals surface area contributed by atoms with Crippen molar-refractivity contribution in [2.75, 3.05) is 25.5 Å². The molecular formula is C25H28N2O3. The molecule has 4 rings (SSSR count). The van der Waals surface area contributed by atoms with Crippen molar-refractivity contribution >= 4 is 23.0 Å². The van der Waals surface area contributed by atoms with E-state index in [4.69, 9.17) is 4.74 Å². The van der Waals surface area contributed by atoms with E-state index in [9.17, 15) is 9.59 Å². The van der Waals surface area contributed by atoms with E-state index in [0.29, 0.717) is 24.1 Å². The number of piperidine rings is 1. The van der Waals surface area contributed by atoms with Crippen LogP contribution < -0.4 is 10.1 Å². The summed E-state index contributed by atoms with van der Waals surface area (Å²) in [6.07, 6.45) is 3.60. The molecule has 0 atom stereocenters. The van der Waals surface area contributed by atoms with Crippen LogP contribution >= 0.6 is 0 Å². The molecule has 1 N–H and O–H groups in total. The number of likely N-dealkylation sites (tertiary alicyclic amines) is 1. The quantitative estimate of drug-likeness (QED) is 0.780. The second-order valence-electron chi connectivity index (χ2n) is 8.12. The van der Waals surface area contributed by atoms with Crippen molar-refractivity contribution < 1.29 is 14.3 Å². The Bertz CT molecular complexity index is 927. The number of allylic oxidation sites excluding steroid dienone is 1. The molecule has 0 bridgehead atoms. The number of rotatable bonds is 6. The third-order valence-electron chi connectivity index (χ3n) is 5.87. The van der Waals surface area contributed by atoms with E-state index in [1.807, 2.05) is 54.6 Å². The Morgan fingerprint density at radius 3 is 2.43 bits per heavy atom. The highest BCUT2D eigenvalue weighted by molar-refractivity contribution is 6.11. The number of benzene rings is 2. The van der Waals surface area contributed by atoms with Crippen molar-refractivity contribution in [2.24, 2.45) is 0 Å². The van der Waals surface area contributed by atoms with Crippen molar-refractivity contribution in [3.05, 3.63) is 65.7 Å². The maximum Gasteiger partial charge on any atom is 0.228 e. The SMILES string of the molecule is CN1CCC(Oc2ccc(NC(=O)CC3=C(c4ccccc4)CCC3=O)cc2)CC1. The summed E-state index contributed by atoms with van der Waals surface area (Å²) in [5.74, 6) is 0.728. The maximum atomic E-state index is 12.6. The highest BCUT2D eigenvalue weighted by Gasteiger charge is 2.25. The van der Waals surface area contributed by atoms with Crippen LogP contribution in [0.4, 0.5) is 5.69 Å². The summed E-state index contributed by atoms with van der Waals surface area (Å²) in [5, 5.41) is 2.91. The number of amides is 1. The Hall–Kier alpha value is -2.92. The Morgan fingerprint density at radius 1 is 1.03 bits per heavy atom. The minimum absolute atomic E-state index is 0.0749. The van der Waals surface area contributed by atoms with Gasteiger partial charge >= 0.3 is 0 Å². The Kier molecular flexibility index (Phi) is 6.29. The molecule has 2 aromatic rings. The van der Waals surface area contributed by atoms with Gasteiger partial charge in [0.2, 0.25) is 5.91 Å². The summed E-state index contributed by atoms with van der Waals surface area (Å²) in [5.41, 5.74) is 3.38. The van der Waals surface area contributed by atoms with Gasteiger partial charge in [0.1, 0.15) is 11.9 Å². The van der Waals surface area contributed by atoms with E-state index in [2.05, 4.69) is 17.3 Å². The second kappa shape index (κ2) is 9.26. The van der Waals surface area contributed by atoms with E-state index in [1.54, 1.807) is 0 Å². The van der Waals surface area contributed by atoms with Crippen LogP contribution in [0.15, 0.2) is 60.2 Å². The van der Waals surface area contributed by atoms with Crippen LogP contribution in [0.1, 0.15) is 37.7 Å². The van der Waals surface area contributed by atoms with Gasteiger partial charge in [-0.25, -0.2) is 0 Å². The van der Waals surface area contributed by atoms with Crippen LogP contribution in [0, 0.1) is 0 Å². The number of ketones is 1. The summed E-state index contributed by atoms with van der Waals surface area (Å²) in [6, 6.07) is 17.3. The van der Waals surface area contributed by atoms with E-state index < -0.39 is 0 Å². The predicted octanol–water partition coefficient (Wildman–Crippen LogP) is 4.30. The molecular weight excluding hydrogens is 376 g/mol. The number of carbonyl (C=O) groups is 2. The van der Waals surface area contributed by atoms with Gasteiger partial charge in [0.05, 0.1) is 6.42 Å². The van der Waals surface area contributed by atoms with Gasteiger partial charge in [-0.3, -0.25) is 9.59 Å². The summed E-state index contributed by atoms with van der Waals surface area (Å²) in [6.45, 7) is 2.11. The number of nitrogens with one attached hydrogen (secondary N) is 1. The number of ether oxygens (including phenoxy) is 1. The lowest BCUT2D eigenvalue weighted by Crippen LogP contribution is -2.35. The molecule has 1 aliphatic carbocycles. The molecule has 0 radical (unpaired) electrons. The van der Waals surface area contributed by atoms with Gasteiger partial charge in [-0.15, -0.1) is 0 Å². The molecule has 30 heavy (non-hydrogen) atoms. The molecule has 0 unspecified atom stereocenters. The average molecular weight is 405 g/mol. The molecule has 2 aliphatic rings. The fourth-order valence-corrected chi connectivity index (χ4v) is 4.15. The minimum atomic E-state index is -0.169. The van der Waals surface area contributed by atoms with E-state index in [1.165, 1.54) is 0 Å². The molecule has 2 aromatic carbocycles. The van der Waals surface area contributed by atoms with E-state index >= 15 is 0 Å². The number of carbonyl (C=O) groups excluding carboxylic acids is 2. The van der Waals surface area contributed by atoms with Gasteiger partial charge in [0.15, 0.2) is 5.78 Å². The van der Waals surface area contributed by atoms with E-state index in [-0.39, 0.29) is 24.2 Å². The van der Waals surface area contributed by atoms with Crippen molar-refractivity contribution in [1.29, 1.82) is 0 Å². The molecule has 156 valence electrons. The van der Waals surface area contributed by atoms with Crippen LogP contribution in [0.5, 0.6) is 5.75 Å². The zero-order valence-corrected chi connectivity index (χ0v) is 17.4. The summed E-state index contributed by atoms with van der Waals surface area (Å²) < 4.78 is 6.06. The van der Waals surface area contributed by atoms with Gasteiger partial charge in [0.25, 0.3) is 0 Å². The first-order valence-corrected chi connectivity index (χ1v) is 10.6. The van der Waals surface area contributed by atoms with Gasteiger partial charge in [-0.2, -0.15) is 0 Å². The smallest absolute Gasteiger partial charge is 0.228 e. The Labute approximate surface area is 177 Å². The number of hydrogen-bond donors (Lipinski definition) is 1. The Balaban J connectivity index is 1.36. The van der Waals surface area contributed by atoms with Gasteiger partial charge < -0.3 is 15.0 Å². The highest BCUT2D eigenvalue weighted by atomic mass is 16.5. The van der Waals surface area contributed by atoms with Crippen molar-refractivity contribution in [3.63, 3.8) is 0 Å². The van der Waals surface area contributed by atoms with Crippen molar-refractivity contribution in [1.82, 2.24) is 4.90 Å². The van der Waals surface area contributed by atoms with Gasteiger partial charge in [-0.1, -0.05) is 30.3 Å². The number of hydrogen-bond acceptors (Lipinski definition) is 4. The van der Waals surface area contributed by atoms with Gasteiger partial charge in [0, 0.05) is 30.8 Å². The zero-order valence-electron chi connectivity index (χ0n) is 17.4. The predicted molar refractivity (Wildman–Crippen MR) is 118 cm³/mol. The van der Waals surface area contributed by atoms with Crippen LogP contribution in [0.3, 0.4) is 0 Å². The van der Waals surface area contributed by atoms with Crippen molar-refractivity contribution in [2.45, 2.75) is 38.2 Å². The van der Waals surface area contributed by atoms with E-state index in [0.717, 1.165) is 42.8 Å². The summed E-state index contributed by atoms with van der Waals surface area (Å²) >= 11 is 0. The van der Waals surface area contributed by atoms with Crippen LogP contribution in [0.25, 0.3) is 5.57 Å². The molecule has 1 fully saturated rings. The molecule has 0 aromatic heterocycles. The molecule has 1 aliphatic heterocycles. The van der Waals surface area contributed by atoms with Crippen LogP contribution in [0.2, 0.25) is 0 Å². The number of Topliss-reactive ketones (excluding diaryl/α,β-unsaturated/α-hetero) is 1. The average Bonchev–Trinajstić information content (AvgIpc) is 3.12. The second-order valence-corrected chi connectivity index (χ2v) is 8.12. The van der Waals surface area contributed by atoms with Gasteiger partial charge in [-0.05, 0) is 61.7 Å². The molecule has 1 saturated heterocycles. The largest absolute Gasteiger partial charge is 0.490 e. The Morgan fingerprint density at radius 2 is 1.73 bits per heavy atom. The van der Waals surface area contributed by atoms with Crippen LogP contribution in [-0.2, 0) is 9.59 Å². The minimum Gasteiger partial charge on any atom is -0.490 e. The first-order chi connectivity index (χ1) is 14.6. The normalized spacial score (nSPS) is 18.0. The standard InChI is InChI=1S/C25H28N2O3/c1-27-15-13-21(14-16-27)30-20-9-7-19(8-10-20)26-25(29)17-23-22(11-12-24(23)28)18-5-3-2-4-6-18/h2-10,21H,11-17H2,1H3,(H,26,29). The fraction of sp³-hybridized carbons (Fsp3) is 0.360. The number of nitrogens with zero attached hydrogens (tertiary/aromatic N) is 1. The third-order valence-corrected chi connectivity index (χ3v) is 5.87. The monoisotopic (exact) mass is 404 g/mol. The molecule has 1 amide bonds. The third kappa shape index (κ3) is 4.97. The van der Waals surface area contributed by atoms with Crippen LogP contribution in [-0.4, -0.2) is 42.8 Å². The number of anilines is 1. The topological polar surface area (TPSA) is 58.6 Å². The first kappa shape index (κ1) is 20.4. The molecule has 5 nitrogen and oxygen atoms in total. The lowest BCUT2D eigenvalue weighted by molar-refractivity contribution is -0.119. The molecule has 1 heterocycles. The summed E-state index contributed by atoms with van der Waals surface area (Å²) in [7, 11) is 2.13. The highest BCUT2D eigenvalue weighted by Crippen LogP contribution is 2.33. The maximum absolute atomic E-state index is 12.6. The molecule has 0 spiro atoms. The van der Waals surface area contributed by atoms with Crippen molar-refractivity contribution in [3.8, 4) is 5.75 Å². The first-order valence-electron chi connectivity index (χ1n) is 10.6. The zero-order chi connectivity index (χ0) is 20.9. The lowest BCUT2D eigenvalue weighted by Gasteiger charge is -2.29. The lowest BCUT2D eigenvalue weighted by atomic mass is 10.00. The fourth-order valence-electron chi connectivity index (χ4n) is 4.15. The molecule has 5 heteroatoms. The molecule has 0 saturated carbocycles.